The predicted octanol–water partition coefficient (Wildman–Crippen LogP) is 1.02. The maximum absolute atomic E-state index is 12.2. The minimum absolute atomic E-state index is 0.260. The van der Waals surface area contributed by atoms with E-state index in [1.807, 2.05) is 20.2 Å². The molecule has 0 aliphatic heterocycles. The third kappa shape index (κ3) is 3.13. The van der Waals surface area contributed by atoms with E-state index >= 15 is 0 Å². The average Bonchev–Trinajstić information content (AvgIpc) is 2.98. The summed E-state index contributed by atoms with van der Waals surface area (Å²) in [4.78, 5) is 22.4. The molecule has 118 valence electrons. The molecule has 1 unspecified atom stereocenters. The van der Waals surface area contributed by atoms with Crippen molar-refractivity contribution in [2.24, 2.45) is 7.05 Å². The van der Waals surface area contributed by atoms with Crippen molar-refractivity contribution in [3.8, 4) is 0 Å². The minimum Gasteiger partial charge on any atom is -0.358 e. The number of carbonyl (C=O) groups excluding carboxylic acids is 1. The van der Waals surface area contributed by atoms with Crippen LogP contribution < -0.4 is 5.32 Å². The topological polar surface area (TPSA) is 108 Å². The lowest BCUT2D eigenvalue weighted by molar-refractivity contribution is -0.389. The Morgan fingerprint density at radius 3 is 2.64 bits per heavy atom. The van der Waals surface area contributed by atoms with Crippen LogP contribution in [0.3, 0.4) is 0 Å². The van der Waals surface area contributed by atoms with Crippen LogP contribution in [0.15, 0.2) is 12.3 Å². The highest BCUT2D eigenvalue weighted by Gasteiger charge is 2.24. The van der Waals surface area contributed by atoms with Gasteiger partial charge < -0.3 is 15.4 Å². The monoisotopic (exact) mass is 306 g/mol. The lowest BCUT2D eigenvalue weighted by Crippen LogP contribution is -2.31. The fraction of sp³-hybridized carbons (Fsp3) is 0.462. The average molecular weight is 306 g/mol. The van der Waals surface area contributed by atoms with Gasteiger partial charge in [0.15, 0.2) is 0 Å². The second kappa shape index (κ2) is 5.96. The molecule has 1 atom stereocenters. The van der Waals surface area contributed by atoms with Crippen LogP contribution in [0.5, 0.6) is 0 Å². The third-order valence-corrected chi connectivity index (χ3v) is 3.41. The van der Waals surface area contributed by atoms with Crippen molar-refractivity contribution in [3.63, 3.8) is 0 Å². The molecule has 9 heteroatoms. The quantitative estimate of drug-likeness (QED) is 0.655. The number of aryl methyl sites for hydroxylation is 3. The van der Waals surface area contributed by atoms with E-state index in [1.54, 1.807) is 18.5 Å². The van der Waals surface area contributed by atoms with Crippen molar-refractivity contribution in [2.45, 2.75) is 33.4 Å². The van der Waals surface area contributed by atoms with Crippen LogP contribution in [-0.2, 0) is 18.4 Å². The normalized spacial score (nSPS) is 12.2. The van der Waals surface area contributed by atoms with E-state index in [2.05, 4.69) is 15.5 Å². The summed E-state index contributed by atoms with van der Waals surface area (Å²) in [5.41, 5.74) is 2.33. The van der Waals surface area contributed by atoms with Gasteiger partial charge in [0, 0.05) is 25.4 Å². The van der Waals surface area contributed by atoms with Crippen LogP contribution in [-0.4, -0.2) is 30.4 Å². The molecule has 0 fully saturated rings. The molecular formula is C13H18N6O3. The molecule has 0 aliphatic carbocycles. The molecule has 2 heterocycles. The molecule has 2 aromatic rings. The second-order valence-electron chi connectivity index (χ2n) is 5.15. The first-order valence-electron chi connectivity index (χ1n) is 6.77. The van der Waals surface area contributed by atoms with Crippen molar-refractivity contribution < 1.29 is 9.72 Å². The fourth-order valence-electron chi connectivity index (χ4n) is 2.22. The van der Waals surface area contributed by atoms with Gasteiger partial charge in [0.1, 0.15) is 6.04 Å². The number of carbonyl (C=O) groups is 1. The van der Waals surface area contributed by atoms with Crippen molar-refractivity contribution in [1.29, 1.82) is 0 Å². The molecule has 0 saturated carbocycles. The SMILES string of the molecule is Cc1nn(C)cc1CNC(=O)C(C)n1nc([N+](=O)[O-])cc1C. The van der Waals surface area contributed by atoms with Gasteiger partial charge in [0.05, 0.1) is 22.6 Å². The number of nitrogens with one attached hydrogen (secondary N) is 1. The molecule has 0 spiro atoms. The van der Waals surface area contributed by atoms with Crippen LogP contribution >= 0.6 is 0 Å². The summed E-state index contributed by atoms with van der Waals surface area (Å²) in [5.74, 6) is -0.524. The van der Waals surface area contributed by atoms with Gasteiger partial charge in [0.25, 0.3) is 0 Å². The van der Waals surface area contributed by atoms with Gasteiger partial charge in [-0.15, -0.1) is 0 Å². The summed E-state index contributed by atoms with van der Waals surface area (Å²) >= 11 is 0. The first-order chi connectivity index (χ1) is 10.3. The van der Waals surface area contributed by atoms with Crippen molar-refractivity contribution in [2.75, 3.05) is 0 Å². The van der Waals surface area contributed by atoms with Gasteiger partial charge in [-0.05, 0) is 25.7 Å². The van der Waals surface area contributed by atoms with Gasteiger partial charge in [-0.2, -0.15) is 9.78 Å². The third-order valence-electron chi connectivity index (χ3n) is 3.41. The Kier molecular flexibility index (Phi) is 4.25. The van der Waals surface area contributed by atoms with Crippen LogP contribution in [0.25, 0.3) is 0 Å². The second-order valence-corrected chi connectivity index (χ2v) is 5.15. The summed E-state index contributed by atoms with van der Waals surface area (Å²) in [6.45, 7) is 5.54. The maximum atomic E-state index is 12.2. The zero-order valence-electron chi connectivity index (χ0n) is 12.9. The number of rotatable bonds is 5. The van der Waals surface area contributed by atoms with Gasteiger partial charge in [0.2, 0.25) is 5.91 Å². The van der Waals surface area contributed by atoms with Crippen molar-refractivity contribution in [1.82, 2.24) is 24.9 Å². The molecule has 2 aromatic heterocycles. The number of hydrogen-bond acceptors (Lipinski definition) is 5. The first-order valence-corrected chi connectivity index (χ1v) is 6.77. The van der Waals surface area contributed by atoms with Crippen LogP contribution in [0, 0.1) is 24.0 Å². The Hall–Kier alpha value is -2.71. The molecular weight excluding hydrogens is 288 g/mol. The van der Waals surface area contributed by atoms with E-state index in [0.717, 1.165) is 11.3 Å². The zero-order valence-corrected chi connectivity index (χ0v) is 12.9. The van der Waals surface area contributed by atoms with E-state index in [-0.39, 0.29) is 11.7 Å². The number of amides is 1. The van der Waals surface area contributed by atoms with Crippen molar-refractivity contribution >= 4 is 11.7 Å². The van der Waals surface area contributed by atoms with E-state index in [9.17, 15) is 14.9 Å². The predicted molar refractivity (Wildman–Crippen MR) is 78.1 cm³/mol. The highest BCUT2D eigenvalue weighted by molar-refractivity contribution is 5.79. The Morgan fingerprint density at radius 1 is 1.45 bits per heavy atom. The highest BCUT2D eigenvalue weighted by Crippen LogP contribution is 2.16. The number of nitro groups is 1. The van der Waals surface area contributed by atoms with Gasteiger partial charge in [-0.25, -0.2) is 0 Å². The fourth-order valence-corrected chi connectivity index (χ4v) is 2.22. The van der Waals surface area contributed by atoms with Crippen LogP contribution in [0.4, 0.5) is 5.82 Å². The molecule has 2 rings (SSSR count). The lowest BCUT2D eigenvalue weighted by Gasteiger charge is -2.11. The molecule has 22 heavy (non-hydrogen) atoms. The van der Waals surface area contributed by atoms with E-state index in [4.69, 9.17) is 0 Å². The molecule has 1 N–H and O–H groups in total. The maximum Gasteiger partial charge on any atom is 0.390 e. The van der Waals surface area contributed by atoms with E-state index in [1.165, 1.54) is 10.7 Å². The largest absolute Gasteiger partial charge is 0.390 e. The Labute approximate surface area is 127 Å². The minimum atomic E-state index is -0.634. The van der Waals surface area contributed by atoms with Crippen molar-refractivity contribution in [3.05, 3.63) is 39.3 Å². The van der Waals surface area contributed by atoms with E-state index in [0.29, 0.717) is 12.2 Å². The molecule has 0 saturated heterocycles. The summed E-state index contributed by atoms with van der Waals surface area (Å²) < 4.78 is 3.03. The molecule has 0 radical (unpaired) electrons. The molecule has 0 aromatic carbocycles. The van der Waals surface area contributed by atoms with Gasteiger partial charge in [-0.1, -0.05) is 0 Å². The van der Waals surface area contributed by atoms with Crippen LogP contribution in [0.1, 0.15) is 29.9 Å². The van der Waals surface area contributed by atoms with E-state index < -0.39 is 11.0 Å². The first kappa shape index (κ1) is 15.7. The van der Waals surface area contributed by atoms with Gasteiger partial charge >= 0.3 is 5.82 Å². The number of nitrogens with zero attached hydrogens (tertiary/aromatic N) is 5. The Balaban J connectivity index is 2.06. The standard InChI is InChI=1S/C13H18N6O3/c1-8-5-12(19(21)22)16-18(8)10(3)13(20)14-6-11-7-17(4)15-9(11)2/h5,7,10H,6H2,1-4H3,(H,14,20). The summed E-state index contributed by atoms with van der Waals surface area (Å²) in [5, 5.41) is 21.6. The summed E-state index contributed by atoms with van der Waals surface area (Å²) in [7, 11) is 1.81. The summed E-state index contributed by atoms with van der Waals surface area (Å²) in [6.07, 6.45) is 1.84. The molecule has 0 bridgehead atoms. The molecule has 9 nitrogen and oxygen atoms in total. The Bertz CT molecular complexity index is 717. The summed E-state index contributed by atoms with van der Waals surface area (Å²) in [6, 6.07) is 0.709. The number of aromatic nitrogens is 4. The lowest BCUT2D eigenvalue weighted by atomic mass is 10.2. The zero-order chi connectivity index (χ0) is 16.4. The smallest absolute Gasteiger partial charge is 0.358 e. The Morgan fingerprint density at radius 2 is 2.14 bits per heavy atom. The highest BCUT2D eigenvalue weighted by atomic mass is 16.6. The number of hydrogen-bond donors (Lipinski definition) is 1. The molecule has 1 amide bonds. The van der Waals surface area contributed by atoms with Crippen LogP contribution in [0.2, 0.25) is 0 Å². The van der Waals surface area contributed by atoms with Gasteiger partial charge in [-0.3, -0.25) is 9.48 Å². The molecule has 0 aliphatic rings.